The van der Waals surface area contributed by atoms with Gasteiger partial charge in [-0.15, -0.1) is 10.2 Å². The molecule has 0 spiro atoms. The van der Waals surface area contributed by atoms with E-state index < -0.39 is 15.8 Å². The van der Waals surface area contributed by atoms with E-state index in [4.69, 9.17) is 46.4 Å². The topological polar surface area (TPSA) is 74.3 Å². The van der Waals surface area contributed by atoms with Crippen LogP contribution in [0, 0.1) is 0 Å². The molecule has 3 heterocycles. The fraction of sp³-hybridized carbons (Fsp3) is 0.250. The molecule has 0 fully saturated rings. The number of hydrogen-bond donors (Lipinski definition) is 0. The predicted molar refractivity (Wildman–Crippen MR) is 87.5 cm³/mol. The normalized spacial score (nSPS) is 12.6. The van der Waals surface area contributed by atoms with E-state index in [1.807, 2.05) is 0 Å². The summed E-state index contributed by atoms with van der Waals surface area (Å²) in [5.74, 6) is -1.18. The lowest BCUT2D eigenvalue weighted by Gasteiger charge is -2.13. The van der Waals surface area contributed by atoms with Gasteiger partial charge < -0.3 is 0 Å². The molecule has 0 amide bonds. The lowest BCUT2D eigenvalue weighted by Crippen LogP contribution is -2.12. The van der Waals surface area contributed by atoms with Crippen molar-refractivity contribution in [2.24, 2.45) is 0 Å². The maximum atomic E-state index is 12.6. The number of alkyl halides is 6. The molecular weight excluding hydrogens is 441 g/mol. The van der Waals surface area contributed by atoms with Crippen LogP contribution in [0.5, 0.6) is 0 Å². The van der Waals surface area contributed by atoms with Crippen LogP contribution in [0.2, 0.25) is 5.02 Å². The molecule has 0 aliphatic carbocycles. The Labute approximate surface area is 163 Å². The number of pyridine rings is 1. The Hall–Kier alpha value is -1.62. The van der Waals surface area contributed by atoms with Gasteiger partial charge in [-0.3, -0.25) is 0 Å². The molecule has 0 aromatic carbocycles. The highest BCUT2D eigenvalue weighted by atomic mass is 35.6. The van der Waals surface area contributed by atoms with Gasteiger partial charge in [-0.25, -0.2) is 9.67 Å². The Morgan fingerprint density at radius 3 is 2.42 bits per heavy atom. The number of rotatable bonds is 3. The number of nitrogens with zero attached hydrogens (tertiary/aromatic N) is 7. The van der Waals surface area contributed by atoms with Crippen molar-refractivity contribution < 1.29 is 13.2 Å². The van der Waals surface area contributed by atoms with Gasteiger partial charge in [-0.05, 0) is 23.4 Å². The van der Waals surface area contributed by atoms with Gasteiger partial charge in [-0.1, -0.05) is 46.4 Å². The molecular formula is C12H6Cl4F3N7. The molecule has 0 radical (unpaired) electrons. The van der Waals surface area contributed by atoms with Gasteiger partial charge in [0.05, 0.1) is 16.4 Å². The lowest BCUT2D eigenvalue weighted by atomic mass is 10.3. The molecule has 0 bridgehead atoms. The van der Waals surface area contributed by atoms with Crippen molar-refractivity contribution in [3.05, 3.63) is 46.6 Å². The van der Waals surface area contributed by atoms with Crippen LogP contribution < -0.4 is 0 Å². The van der Waals surface area contributed by atoms with Crippen molar-refractivity contribution in [3.8, 4) is 5.82 Å². The minimum Gasteiger partial charge on any atom is -0.236 e. The molecule has 14 heteroatoms. The SMILES string of the molecule is FC(F)(F)c1nnn(Cc2cc(C(Cl)(Cl)Cl)n(-c3ncccc3Cl)n2)n1. The summed E-state index contributed by atoms with van der Waals surface area (Å²) in [6.45, 7) is -0.242. The Bertz CT molecular complexity index is 932. The molecule has 138 valence electrons. The highest BCUT2D eigenvalue weighted by Crippen LogP contribution is 2.40. The summed E-state index contributed by atoms with van der Waals surface area (Å²) in [4.78, 5) is 4.79. The van der Waals surface area contributed by atoms with Gasteiger partial charge in [0.15, 0.2) is 5.82 Å². The third kappa shape index (κ3) is 4.03. The highest BCUT2D eigenvalue weighted by Gasteiger charge is 2.37. The molecule has 0 atom stereocenters. The van der Waals surface area contributed by atoms with Gasteiger partial charge in [-0.2, -0.15) is 23.1 Å². The first-order valence-electron chi connectivity index (χ1n) is 6.68. The number of aromatic nitrogens is 7. The first-order chi connectivity index (χ1) is 12.1. The maximum Gasteiger partial charge on any atom is 0.455 e. The average Bonchev–Trinajstić information content (AvgIpc) is 3.14. The molecule has 0 saturated carbocycles. The highest BCUT2D eigenvalue weighted by molar-refractivity contribution is 6.66. The molecule has 0 aliphatic rings. The fourth-order valence-electron chi connectivity index (χ4n) is 1.97. The predicted octanol–water partition coefficient (Wildman–Crippen LogP) is 3.80. The Balaban J connectivity index is 2.00. The number of tetrazole rings is 1. The second kappa shape index (κ2) is 6.84. The van der Waals surface area contributed by atoms with E-state index in [2.05, 4.69) is 25.5 Å². The standard InChI is InChI=1S/C12H6Cl4F3N7/c13-7-2-1-3-20-9(7)26-8(11(14,15)16)4-6(22-26)5-25-23-10(21-24-25)12(17,18)19/h1-4H,5H2. The number of hydrogen-bond acceptors (Lipinski definition) is 5. The quantitative estimate of drug-likeness (QED) is 0.572. The molecule has 7 nitrogen and oxygen atoms in total. The average molecular weight is 447 g/mol. The summed E-state index contributed by atoms with van der Waals surface area (Å²) < 4.78 is 37.0. The van der Waals surface area contributed by atoms with Crippen molar-refractivity contribution in [2.75, 3.05) is 0 Å². The lowest BCUT2D eigenvalue weighted by molar-refractivity contribution is -0.145. The van der Waals surface area contributed by atoms with Crippen LogP contribution in [-0.4, -0.2) is 35.0 Å². The van der Waals surface area contributed by atoms with Gasteiger partial charge in [0.1, 0.15) is 6.54 Å². The van der Waals surface area contributed by atoms with Crippen molar-refractivity contribution in [2.45, 2.75) is 16.5 Å². The smallest absolute Gasteiger partial charge is 0.236 e. The summed E-state index contributed by atoms with van der Waals surface area (Å²) in [5.41, 5.74) is 0.299. The number of halogens is 7. The molecule has 0 saturated heterocycles. The fourth-order valence-corrected chi connectivity index (χ4v) is 2.58. The first kappa shape index (κ1) is 19.2. The first-order valence-corrected chi connectivity index (χ1v) is 8.19. The van der Waals surface area contributed by atoms with E-state index in [9.17, 15) is 13.2 Å². The third-order valence-electron chi connectivity index (χ3n) is 3.00. The molecule has 3 aromatic rings. The van der Waals surface area contributed by atoms with Crippen molar-refractivity contribution in [3.63, 3.8) is 0 Å². The summed E-state index contributed by atoms with van der Waals surface area (Å²) in [6.07, 6.45) is -3.25. The van der Waals surface area contributed by atoms with Gasteiger partial charge in [0.25, 0.3) is 5.82 Å². The van der Waals surface area contributed by atoms with E-state index in [1.54, 1.807) is 12.1 Å². The van der Waals surface area contributed by atoms with Crippen molar-refractivity contribution in [1.82, 2.24) is 35.0 Å². The monoisotopic (exact) mass is 445 g/mol. The van der Waals surface area contributed by atoms with Crippen LogP contribution in [0.25, 0.3) is 5.82 Å². The van der Waals surface area contributed by atoms with Gasteiger partial charge >= 0.3 is 6.18 Å². The Kier molecular flexibility index (Phi) is 5.04. The van der Waals surface area contributed by atoms with Crippen molar-refractivity contribution >= 4 is 46.4 Å². The van der Waals surface area contributed by atoms with Crippen LogP contribution in [0.3, 0.4) is 0 Å². The summed E-state index contributed by atoms with van der Waals surface area (Å²) in [6, 6.07) is 4.53. The minimum absolute atomic E-state index is 0.0919. The second-order valence-corrected chi connectivity index (χ2v) is 7.57. The van der Waals surface area contributed by atoms with E-state index in [1.165, 1.54) is 16.9 Å². The third-order valence-corrected chi connectivity index (χ3v) is 3.88. The minimum atomic E-state index is -4.71. The maximum absolute atomic E-state index is 12.6. The summed E-state index contributed by atoms with van der Waals surface area (Å²) in [5, 5.41) is 13.9. The zero-order valence-electron chi connectivity index (χ0n) is 12.3. The molecule has 3 aromatic heterocycles. The van der Waals surface area contributed by atoms with Crippen LogP contribution in [0.4, 0.5) is 13.2 Å². The Morgan fingerprint density at radius 1 is 1.12 bits per heavy atom. The van der Waals surface area contributed by atoms with E-state index in [-0.39, 0.29) is 28.8 Å². The van der Waals surface area contributed by atoms with Crippen LogP contribution >= 0.6 is 46.4 Å². The molecule has 3 rings (SSSR count). The van der Waals surface area contributed by atoms with Crippen molar-refractivity contribution in [1.29, 1.82) is 0 Å². The van der Waals surface area contributed by atoms with E-state index >= 15 is 0 Å². The Morgan fingerprint density at radius 2 is 1.85 bits per heavy atom. The van der Waals surface area contributed by atoms with E-state index in [0.29, 0.717) is 0 Å². The zero-order valence-corrected chi connectivity index (χ0v) is 15.3. The molecule has 0 N–H and O–H groups in total. The van der Waals surface area contributed by atoms with Crippen LogP contribution in [0.1, 0.15) is 17.2 Å². The largest absolute Gasteiger partial charge is 0.455 e. The molecule has 0 unspecified atom stereocenters. The zero-order chi connectivity index (χ0) is 19.1. The van der Waals surface area contributed by atoms with E-state index in [0.717, 1.165) is 4.80 Å². The summed E-state index contributed by atoms with van der Waals surface area (Å²) in [7, 11) is 0. The van der Waals surface area contributed by atoms with Crippen LogP contribution in [-0.2, 0) is 16.5 Å². The second-order valence-electron chi connectivity index (χ2n) is 4.88. The van der Waals surface area contributed by atoms with Gasteiger partial charge in [0, 0.05) is 6.20 Å². The summed E-state index contributed by atoms with van der Waals surface area (Å²) >= 11 is 23.9. The molecule has 0 aliphatic heterocycles. The van der Waals surface area contributed by atoms with Crippen LogP contribution in [0.15, 0.2) is 24.4 Å². The molecule has 26 heavy (non-hydrogen) atoms. The van der Waals surface area contributed by atoms with Gasteiger partial charge in [0.2, 0.25) is 3.79 Å².